The predicted octanol–water partition coefficient (Wildman–Crippen LogP) is 1.35. The second kappa shape index (κ2) is 4.33. The molecule has 0 radical (unpaired) electrons. The SMILES string of the molecule is CCC(=O)OC1=NC=CC=CO1. The lowest BCUT2D eigenvalue weighted by Crippen LogP contribution is -2.11. The van der Waals surface area contributed by atoms with Crippen LogP contribution in [0.25, 0.3) is 0 Å². The molecule has 0 aromatic rings. The maximum absolute atomic E-state index is 10.8. The molecule has 1 rings (SSSR count). The number of ether oxygens (including phenoxy) is 2. The fourth-order valence-electron chi connectivity index (χ4n) is 0.547. The Balaban J connectivity index is 2.52. The first-order valence-electron chi connectivity index (χ1n) is 3.59. The topological polar surface area (TPSA) is 47.9 Å². The lowest BCUT2D eigenvalue weighted by atomic mass is 10.5. The molecular weight excluding hydrogens is 158 g/mol. The molecular formula is C8H9NO3. The van der Waals surface area contributed by atoms with Crippen LogP contribution in [0.1, 0.15) is 13.3 Å². The molecule has 1 aliphatic rings. The Labute approximate surface area is 70.2 Å². The smallest absolute Gasteiger partial charge is 0.401 e. The van der Waals surface area contributed by atoms with E-state index in [0.29, 0.717) is 6.42 Å². The van der Waals surface area contributed by atoms with Crippen molar-refractivity contribution in [3.63, 3.8) is 0 Å². The van der Waals surface area contributed by atoms with Crippen LogP contribution in [0.2, 0.25) is 0 Å². The third kappa shape index (κ3) is 2.57. The molecule has 0 unspecified atom stereocenters. The molecule has 0 aromatic heterocycles. The van der Waals surface area contributed by atoms with E-state index < -0.39 is 0 Å². The van der Waals surface area contributed by atoms with Gasteiger partial charge in [0.15, 0.2) is 0 Å². The summed E-state index contributed by atoms with van der Waals surface area (Å²) in [6.45, 7) is 1.70. The van der Waals surface area contributed by atoms with E-state index in [0.717, 1.165) is 0 Å². The van der Waals surface area contributed by atoms with Crippen molar-refractivity contribution in [3.05, 3.63) is 24.6 Å². The standard InChI is InChI=1S/C8H9NO3/c1-2-7(10)12-8-9-5-3-4-6-11-8/h3-6H,2H2,1H3. The van der Waals surface area contributed by atoms with Crippen LogP contribution in [-0.2, 0) is 14.3 Å². The molecule has 0 saturated carbocycles. The van der Waals surface area contributed by atoms with Crippen LogP contribution in [0.3, 0.4) is 0 Å². The zero-order valence-electron chi connectivity index (χ0n) is 6.69. The zero-order valence-corrected chi connectivity index (χ0v) is 6.69. The summed E-state index contributed by atoms with van der Waals surface area (Å²) in [5, 5.41) is 0. The minimum absolute atomic E-state index is 0.0353. The molecule has 0 aromatic carbocycles. The molecule has 0 saturated heterocycles. The molecule has 0 spiro atoms. The van der Waals surface area contributed by atoms with Crippen molar-refractivity contribution in [2.75, 3.05) is 0 Å². The molecule has 1 aliphatic heterocycles. The fraction of sp³-hybridized carbons (Fsp3) is 0.250. The minimum atomic E-state index is -0.363. The normalized spacial score (nSPS) is 14.6. The summed E-state index contributed by atoms with van der Waals surface area (Å²) in [7, 11) is 0. The van der Waals surface area contributed by atoms with Crippen molar-refractivity contribution >= 4 is 12.1 Å². The molecule has 12 heavy (non-hydrogen) atoms. The van der Waals surface area contributed by atoms with Gasteiger partial charge in [-0.2, -0.15) is 4.99 Å². The molecule has 0 fully saturated rings. The number of hydrogen-bond donors (Lipinski definition) is 0. The van der Waals surface area contributed by atoms with Gasteiger partial charge in [0.2, 0.25) is 0 Å². The molecule has 64 valence electrons. The first-order chi connectivity index (χ1) is 5.83. The summed E-state index contributed by atoms with van der Waals surface area (Å²) >= 11 is 0. The molecule has 0 N–H and O–H groups in total. The first kappa shape index (κ1) is 8.52. The van der Waals surface area contributed by atoms with Gasteiger partial charge in [-0.05, 0) is 12.2 Å². The Bertz CT molecular complexity index is 253. The fourth-order valence-corrected chi connectivity index (χ4v) is 0.547. The molecule has 0 bridgehead atoms. The highest BCUT2D eigenvalue weighted by Gasteiger charge is 2.06. The Morgan fingerprint density at radius 3 is 3.25 bits per heavy atom. The van der Waals surface area contributed by atoms with E-state index in [-0.39, 0.29) is 12.1 Å². The second-order valence-electron chi connectivity index (χ2n) is 2.01. The highest BCUT2D eigenvalue weighted by molar-refractivity contribution is 5.84. The zero-order chi connectivity index (χ0) is 8.81. The summed E-state index contributed by atoms with van der Waals surface area (Å²) in [6.07, 6.45) is 6.47. The van der Waals surface area contributed by atoms with E-state index in [1.807, 2.05) is 0 Å². The summed E-state index contributed by atoms with van der Waals surface area (Å²) in [6, 6.07) is 0. The maximum Gasteiger partial charge on any atom is 0.401 e. The number of aliphatic imine (C=N–C) groups is 1. The molecule has 1 heterocycles. The highest BCUT2D eigenvalue weighted by Crippen LogP contribution is 1.96. The maximum atomic E-state index is 10.8. The van der Waals surface area contributed by atoms with Gasteiger partial charge in [0.25, 0.3) is 0 Å². The van der Waals surface area contributed by atoms with Crippen LogP contribution in [0.4, 0.5) is 0 Å². The van der Waals surface area contributed by atoms with Gasteiger partial charge < -0.3 is 9.47 Å². The summed E-state index contributed by atoms with van der Waals surface area (Å²) in [5.74, 6) is -0.363. The van der Waals surface area contributed by atoms with E-state index in [4.69, 9.17) is 9.47 Å². The van der Waals surface area contributed by atoms with Crippen LogP contribution in [0.5, 0.6) is 0 Å². The van der Waals surface area contributed by atoms with Crippen molar-refractivity contribution in [1.82, 2.24) is 0 Å². The largest absolute Gasteiger partial charge is 0.419 e. The minimum Gasteiger partial charge on any atom is -0.419 e. The predicted molar refractivity (Wildman–Crippen MR) is 43.2 cm³/mol. The van der Waals surface area contributed by atoms with E-state index in [1.54, 1.807) is 19.1 Å². The number of esters is 1. The van der Waals surface area contributed by atoms with E-state index in [9.17, 15) is 4.79 Å². The van der Waals surface area contributed by atoms with Crippen molar-refractivity contribution in [2.24, 2.45) is 4.99 Å². The first-order valence-corrected chi connectivity index (χ1v) is 3.59. The Hall–Kier alpha value is -1.58. The van der Waals surface area contributed by atoms with E-state index >= 15 is 0 Å². The summed E-state index contributed by atoms with van der Waals surface area (Å²) in [4.78, 5) is 14.5. The van der Waals surface area contributed by atoms with Crippen molar-refractivity contribution < 1.29 is 14.3 Å². The van der Waals surface area contributed by atoms with Crippen molar-refractivity contribution in [2.45, 2.75) is 13.3 Å². The third-order valence-corrected chi connectivity index (χ3v) is 1.11. The number of allylic oxidation sites excluding steroid dienone is 2. The molecule has 4 nitrogen and oxygen atoms in total. The van der Waals surface area contributed by atoms with Gasteiger partial charge in [-0.3, -0.25) is 4.79 Å². The van der Waals surface area contributed by atoms with Gasteiger partial charge in [-0.25, -0.2) is 0 Å². The van der Waals surface area contributed by atoms with Gasteiger partial charge in [0, 0.05) is 12.6 Å². The average molecular weight is 167 g/mol. The van der Waals surface area contributed by atoms with Crippen LogP contribution in [-0.4, -0.2) is 12.1 Å². The molecule has 0 amide bonds. The lowest BCUT2D eigenvalue weighted by Gasteiger charge is -2.01. The number of rotatable bonds is 1. The average Bonchev–Trinajstić information content (AvgIpc) is 2.33. The van der Waals surface area contributed by atoms with E-state index in [2.05, 4.69) is 4.99 Å². The quantitative estimate of drug-likeness (QED) is 0.554. The number of carbonyl (C=O) groups is 1. The van der Waals surface area contributed by atoms with Crippen LogP contribution < -0.4 is 0 Å². The summed E-state index contributed by atoms with van der Waals surface area (Å²) < 4.78 is 9.55. The Kier molecular flexibility index (Phi) is 3.07. The Morgan fingerprint density at radius 1 is 1.67 bits per heavy atom. The monoisotopic (exact) mass is 167 g/mol. The number of hydrogen-bond acceptors (Lipinski definition) is 4. The van der Waals surface area contributed by atoms with Crippen LogP contribution >= 0.6 is 0 Å². The highest BCUT2D eigenvalue weighted by atomic mass is 16.7. The lowest BCUT2D eigenvalue weighted by molar-refractivity contribution is -0.136. The van der Waals surface area contributed by atoms with Gasteiger partial charge in [-0.15, -0.1) is 0 Å². The number of carbonyl (C=O) groups excluding carboxylic acids is 1. The summed E-state index contributed by atoms with van der Waals surface area (Å²) in [5.41, 5.74) is 0. The second-order valence-corrected chi connectivity index (χ2v) is 2.01. The van der Waals surface area contributed by atoms with Crippen molar-refractivity contribution in [1.29, 1.82) is 0 Å². The van der Waals surface area contributed by atoms with Crippen molar-refractivity contribution in [3.8, 4) is 0 Å². The van der Waals surface area contributed by atoms with Crippen LogP contribution in [0, 0.1) is 0 Å². The molecule has 0 atom stereocenters. The van der Waals surface area contributed by atoms with Gasteiger partial charge in [-0.1, -0.05) is 6.92 Å². The van der Waals surface area contributed by atoms with Gasteiger partial charge >= 0.3 is 12.1 Å². The van der Waals surface area contributed by atoms with Crippen LogP contribution in [0.15, 0.2) is 29.6 Å². The van der Waals surface area contributed by atoms with Gasteiger partial charge in [0.05, 0.1) is 6.26 Å². The third-order valence-electron chi connectivity index (χ3n) is 1.11. The molecule has 0 aliphatic carbocycles. The number of nitrogens with zero attached hydrogens (tertiary/aromatic N) is 1. The van der Waals surface area contributed by atoms with E-state index in [1.165, 1.54) is 12.5 Å². The molecule has 4 heteroatoms. The van der Waals surface area contributed by atoms with Gasteiger partial charge in [0.1, 0.15) is 0 Å². The Morgan fingerprint density at radius 2 is 2.50 bits per heavy atom.